The maximum Gasteiger partial charge on any atom is 0.237 e. The molecule has 0 saturated carbocycles. The lowest BCUT2D eigenvalue weighted by Gasteiger charge is -2.50. The number of benzene rings is 2. The molecule has 2 saturated heterocycles. The van der Waals surface area contributed by atoms with Gasteiger partial charge in [-0.1, -0.05) is 68.2 Å². The third-order valence-electron chi connectivity index (χ3n) is 10.1. The maximum atomic E-state index is 13.6. The number of hydrogen-bond donors (Lipinski definition) is 0. The highest BCUT2D eigenvalue weighted by atomic mass is 35.5. The first kappa shape index (κ1) is 141. The lowest BCUT2D eigenvalue weighted by Crippen LogP contribution is -2.62. The van der Waals surface area contributed by atoms with Gasteiger partial charge in [0.05, 0.1) is 12.6 Å². The smallest absolute Gasteiger partial charge is 0.237 e. The SMILES string of the molecule is CC(=O)N1CCN(CC(=O)N2CCN(C(c3ccc(Cl)cc3)c3ccc(Cl)cc3)C[C@@H]2C(C)(C)C)CC1.S=S=S=S=S=S=S=S=S=S=S=S=S=S=S=S=S=S=S=S=S=S=S=S=S=S=S=S=S=S=S=S=S=S=S=S=S=S=S=S=S=S=S=S=S=S=S=S=S=S=S=S=S=S=S=S=S=S=S=S=S=S=S=S=S=S=S=S=S=S=S=S=S=S=S=S=S=S=S=S=S=S=S=S=S=S=S=S=S=S=S=S. The predicted molar refractivity (Wildman–Crippen MR) is 828 cm³/mol. The topological polar surface area (TPSA) is 47.1 Å². The number of carbonyl (C=O) groups is 2. The van der Waals surface area contributed by atoms with Crippen LogP contribution in [-0.2, 0) is 831 Å². The molecule has 0 aliphatic carbocycles. The van der Waals surface area contributed by atoms with Crippen LogP contribution in [-0.4, -0.2) is 89.8 Å². The molecule has 6 nitrogen and oxygen atoms in total. The molecule has 100 heteroatoms. The minimum absolute atomic E-state index is 0.0382. The molecule has 1 atom stereocenters. The highest BCUT2D eigenvalue weighted by Crippen LogP contribution is 2.36. The van der Waals surface area contributed by atoms with Crippen molar-refractivity contribution in [1.29, 1.82) is 0 Å². The second-order valence-corrected chi connectivity index (χ2v) is 177. The summed E-state index contributed by atoms with van der Waals surface area (Å²) in [5.41, 5.74) is 2.25. The van der Waals surface area contributed by atoms with Gasteiger partial charge in [-0.3, -0.25) is 19.4 Å². The molecule has 0 spiro atoms. The van der Waals surface area contributed by atoms with E-state index in [2.05, 4.69) is 59.7 Å². The van der Waals surface area contributed by atoms with Gasteiger partial charge in [-0.05, 0) is 40.8 Å². The molecule has 0 aromatic heterocycles. The highest BCUT2D eigenvalue weighted by Gasteiger charge is 2.40. The fourth-order valence-electron chi connectivity index (χ4n) is 6.48. The Morgan fingerprint density at radius 1 is 0.279 bits per heavy atom. The van der Waals surface area contributed by atoms with Crippen LogP contribution in [0.5, 0.6) is 0 Å². The van der Waals surface area contributed by atoms with Gasteiger partial charge in [0.1, 0.15) is 0 Å². The van der Waals surface area contributed by atoms with E-state index in [1.54, 1.807) is 113 Å². The molecular weight excluding hydrogens is 3460 g/mol. The lowest BCUT2D eigenvalue weighted by atomic mass is 9.83. The number of nitrogens with zero attached hydrogens (tertiary/aromatic N) is 4. The highest BCUT2D eigenvalue weighted by molar-refractivity contribution is 8.86. The molecule has 2 fully saturated rings. The van der Waals surface area contributed by atoms with Crippen molar-refractivity contribution in [3.63, 3.8) is 0 Å². The first-order chi connectivity index (χ1) is 63.4. The predicted octanol–water partition coefficient (Wildman–Crippen LogP) is 4.59. The largest absolute Gasteiger partial charge is 0.340 e. The van der Waals surface area contributed by atoms with E-state index in [1.165, 1.54) is 28.9 Å². The van der Waals surface area contributed by atoms with E-state index in [-0.39, 0.29) is 29.3 Å². The second kappa shape index (κ2) is 112. The van der Waals surface area contributed by atoms with Crippen molar-refractivity contribution in [3.05, 3.63) is 69.7 Å². The van der Waals surface area contributed by atoms with Crippen molar-refractivity contribution in [2.24, 2.45) is 5.41 Å². The molecule has 2 aromatic carbocycles. The molecular formula is C29H38Cl2N4O2S92. The van der Waals surface area contributed by atoms with E-state index < -0.39 is 0 Å². The number of amides is 2. The summed E-state index contributed by atoms with van der Waals surface area (Å²) in [6.07, 6.45) is 0. The molecule has 0 unspecified atom stereocenters. The summed E-state index contributed by atoms with van der Waals surface area (Å²) in [5.74, 6) is 0.274. The Labute approximate surface area is 1020 Å². The zero-order valence-corrected chi connectivity index (χ0v) is 136. The summed E-state index contributed by atoms with van der Waals surface area (Å²) in [7, 11) is 163. The van der Waals surface area contributed by atoms with Crippen LogP contribution in [0.4, 0.5) is 0 Å². The third-order valence-corrected chi connectivity index (χ3v) is 208. The van der Waals surface area contributed by atoms with E-state index in [0.717, 1.165) is 26.2 Å². The zero-order chi connectivity index (χ0) is 92.4. The molecule has 2 amide bonds. The van der Waals surface area contributed by atoms with Crippen molar-refractivity contribution in [2.45, 2.75) is 39.8 Å². The van der Waals surface area contributed by atoms with Gasteiger partial charge in [0.15, 0.2) is 0 Å². The first-order valence-corrected chi connectivity index (χ1v) is 150. The van der Waals surface area contributed by atoms with Crippen molar-refractivity contribution < 1.29 is 9.59 Å². The number of piperazine rings is 2. The lowest BCUT2D eigenvalue weighted by molar-refractivity contribution is -0.142. The van der Waals surface area contributed by atoms with Crippen molar-refractivity contribution in [1.82, 2.24) is 19.6 Å². The Morgan fingerprint density at radius 2 is 0.450 bits per heavy atom. The number of hydrogen-bond acceptors (Lipinski definition) is 6. The molecule has 4 rings (SSSR count). The first-order valence-electron chi connectivity index (χ1n) is 28.2. The molecule has 0 radical (unpaired) electrons. The van der Waals surface area contributed by atoms with E-state index >= 15 is 0 Å². The molecule has 2 aromatic rings. The number of halogens is 2. The minimum atomic E-state index is -0.0911. The molecule has 2 heterocycles. The molecule has 129 heavy (non-hydrogen) atoms. The van der Waals surface area contributed by atoms with Gasteiger partial charge in [-0.25, -0.2) is 0 Å². The molecule has 2 aliphatic heterocycles. The van der Waals surface area contributed by atoms with Gasteiger partial charge in [0.25, 0.3) is 0 Å². The van der Waals surface area contributed by atoms with Crippen LogP contribution < -0.4 is 0 Å². The molecule has 0 N–H and O–H groups in total. The normalized spacial score (nSPS) is 11.3. The van der Waals surface area contributed by atoms with Gasteiger partial charge < -0.3 is 9.80 Å². The monoisotopic (exact) mass is 3490 g/mol. The average molecular weight is 3500 g/mol. The minimum Gasteiger partial charge on any atom is -0.340 e. The summed E-state index contributed by atoms with van der Waals surface area (Å²) in [6.45, 7) is 13.7. The fraction of sp³-hybridized carbons (Fsp3) is 0.517. The van der Waals surface area contributed by atoms with Crippen LogP contribution in [0.1, 0.15) is 44.9 Å². The summed E-state index contributed by atoms with van der Waals surface area (Å²) < 4.78 is 0. The van der Waals surface area contributed by atoms with Crippen LogP contribution in [0, 0.1) is 5.41 Å². The summed E-state index contributed by atoms with van der Waals surface area (Å²) in [6, 6.07) is 16.2. The van der Waals surface area contributed by atoms with Crippen molar-refractivity contribution >= 4 is 857 Å². The summed E-state index contributed by atoms with van der Waals surface area (Å²) in [5, 5.41) is 1.43. The molecule has 752 valence electrons. The van der Waals surface area contributed by atoms with E-state index in [9.17, 15) is 9.59 Å². The van der Waals surface area contributed by atoms with Crippen molar-refractivity contribution in [3.8, 4) is 0 Å². The van der Waals surface area contributed by atoms with Crippen LogP contribution in [0.25, 0.3) is 0 Å². The van der Waals surface area contributed by atoms with Crippen LogP contribution in [0.2, 0.25) is 10.0 Å². The maximum absolute atomic E-state index is 13.6. The fourth-order valence-corrected chi connectivity index (χ4v) is 248. The Hall–Kier alpha value is 18.1. The van der Waals surface area contributed by atoms with Crippen LogP contribution in [0.3, 0.4) is 0 Å². The van der Waals surface area contributed by atoms with Gasteiger partial charge in [0, 0.05) is 890 Å². The van der Waals surface area contributed by atoms with Crippen molar-refractivity contribution in [2.75, 3.05) is 52.4 Å². The van der Waals surface area contributed by atoms with E-state index in [4.69, 9.17) is 45.6 Å². The average Bonchev–Trinajstić information content (AvgIpc) is 0.777. The molecule has 2 aliphatic rings. The van der Waals surface area contributed by atoms with Gasteiger partial charge >= 0.3 is 0 Å². The zero-order valence-electron chi connectivity index (χ0n) is 59.9. The van der Waals surface area contributed by atoms with Crippen LogP contribution in [0.15, 0.2) is 48.5 Å². The Bertz CT molecular complexity index is 8620. The second-order valence-electron chi connectivity index (χ2n) is 17.4. The number of carbonyl (C=O) groups excluding carboxylic acids is 2. The Kier molecular flexibility index (Phi) is 122. The summed E-state index contributed by atoms with van der Waals surface area (Å²) in [4.78, 5) is 33.9. The van der Waals surface area contributed by atoms with E-state index in [0.29, 0.717) is 36.2 Å². The number of rotatable bonds is 5. The van der Waals surface area contributed by atoms with Gasteiger partial charge in [0.2, 0.25) is 11.8 Å². The molecule has 0 bridgehead atoms. The van der Waals surface area contributed by atoms with Gasteiger partial charge in [-0.2, -0.15) is 0 Å². The quantitative estimate of drug-likeness (QED) is 0.438. The Morgan fingerprint density at radius 3 is 0.605 bits per heavy atom. The third kappa shape index (κ3) is 93.5. The van der Waals surface area contributed by atoms with E-state index in [1.807, 2.05) is 704 Å². The standard InChI is InChI=1S/C29H38Cl2N4O2.S92/c1-21(36)33-15-13-32(14-16-33)20-27(37)35-18-17-34(19-26(35)29(2,3)4)28(22-5-9-24(30)10-6-22)23-7-11-25(31)12-8-23;1-3-5-7-9-11-13-15-17-19-21-23-25-27-29-31-33-35-37-39-41-43-45-47-49-51-53-55-57-59-61-63-65-67-69-71-73-75-77-79-81-83-85-87-89-91-92-90-88-86-84-82-80-78-76-74-72-70-68-66-64-62-60-58-56-54-52-50-48-46-44-42-40-38-36-34-32-30-28-26-24-22-20-18-16-14-12-10-8-6-4-2/h5-12,26,28H,13-20H2,1-4H3;/t26-;/m1./s1. The summed E-state index contributed by atoms with van der Waals surface area (Å²) >= 11 is 22.1. The Balaban J connectivity index is 0.000000948. The van der Waals surface area contributed by atoms with Crippen LogP contribution >= 0.6 is 23.2 Å². The van der Waals surface area contributed by atoms with Gasteiger partial charge in [-0.15, -0.1) is 0 Å².